The fourth-order valence-electron chi connectivity index (χ4n) is 0.882. The fraction of sp³-hybridized carbons (Fsp3) is 0. The van der Waals surface area contributed by atoms with Crippen molar-refractivity contribution in [3.63, 3.8) is 0 Å². The third kappa shape index (κ3) is 1.29. The molecule has 2 rings (SSSR count). The first kappa shape index (κ1) is 7.24. The van der Waals surface area contributed by atoms with Crippen molar-refractivity contribution < 1.29 is 5.11 Å². The van der Waals surface area contributed by atoms with Gasteiger partial charge in [-0.3, -0.25) is 4.98 Å². The zero-order valence-corrected chi connectivity index (χ0v) is 6.95. The van der Waals surface area contributed by atoms with Gasteiger partial charge in [0.2, 0.25) is 0 Å². The van der Waals surface area contributed by atoms with Gasteiger partial charge in [0, 0.05) is 5.38 Å². The minimum absolute atomic E-state index is 0.175. The average molecular weight is 178 g/mol. The van der Waals surface area contributed by atoms with Gasteiger partial charge < -0.3 is 5.11 Å². The standard InChI is InChI=1S/C8H6N2OS/c11-6-1-2-7(9-5-6)8-3-4-12-10-8/h1-5,11H. The smallest absolute Gasteiger partial charge is 0.133 e. The molecule has 0 unspecified atom stereocenters. The Morgan fingerprint density at radius 2 is 2.08 bits per heavy atom. The van der Waals surface area contributed by atoms with E-state index in [1.807, 2.05) is 11.4 Å². The monoisotopic (exact) mass is 178 g/mol. The summed E-state index contributed by atoms with van der Waals surface area (Å²) in [5, 5.41) is 10.9. The molecule has 0 saturated carbocycles. The molecule has 0 spiro atoms. The number of hydrogen-bond acceptors (Lipinski definition) is 4. The Morgan fingerprint density at radius 3 is 2.67 bits per heavy atom. The third-order valence-corrected chi connectivity index (χ3v) is 2.01. The van der Waals surface area contributed by atoms with Crippen LogP contribution in [0.1, 0.15) is 0 Å². The Labute approximate surface area is 73.5 Å². The lowest BCUT2D eigenvalue weighted by Crippen LogP contribution is -1.80. The molecule has 0 fully saturated rings. The fourth-order valence-corrected chi connectivity index (χ4v) is 1.40. The molecule has 0 radical (unpaired) electrons. The third-order valence-electron chi connectivity index (χ3n) is 1.45. The second kappa shape index (κ2) is 2.91. The maximum absolute atomic E-state index is 8.97. The van der Waals surface area contributed by atoms with Gasteiger partial charge in [-0.2, -0.15) is 4.37 Å². The summed E-state index contributed by atoms with van der Waals surface area (Å²) in [6, 6.07) is 5.23. The Kier molecular flexibility index (Phi) is 1.75. The maximum atomic E-state index is 8.97. The van der Waals surface area contributed by atoms with E-state index >= 15 is 0 Å². The molecule has 12 heavy (non-hydrogen) atoms. The lowest BCUT2D eigenvalue weighted by Gasteiger charge is -1.94. The molecule has 0 aromatic carbocycles. The van der Waals surface area contributed by atoms with Gasteiger partial charge in [-0.1, -0.05) is 0 Å². The largest absolute Gasteiger partial charge is 0.506 e. The quantitative estimate of drug-likeness (QED) is 0.725. The molecule has 1 N–H and O–H groups in total. The van der Waals surface area contributed by atoms with Gasteiger partial charge >= 0.3 is 0 Å². The van der Waals surface area contributed by atoms with E-state index in [2.05, 4.69) is 9.36 Å². The highest BCUT2D eigenvalue weighted by Crippen LogP contribution is 2.17. The minimum Gasteiger partial charge on any atom is -0.506 e. The van der Waals surface area contributed by atoms with Crippen molar-refractivity contribution in [1.82, 2.24) is 9.36 Å². The van der Waals surface area contributed by atoms with Gasteiger partial charge in [-0.05, 0) is 29.7 Å². The number of hydrogen-bond donors (Lipinski definition) is 1. The van der Waals surface area contributed by atoms with E-state index in [9.17, 15) is 0 Å². The normalized spacial score (nSPS) is 10.0. The second-order valence-electron chi connectivity index (χ2n) is 2.29. The molecule has 0 atom stereocenters. The van der Waals surface area contributed by atoms with Gasteiger partial charge in [0.05, 0.1) is 11.9 Å². The molecule has 2 aromatic heterocycles. The Morgan fingerprint density at radius 1 is 1.17 bits per heavy atom. The van der Waals surface area contributed by atoms with Crippen molar-refractivity contribution in [2.24, 2.45) is 0 Å². The summed E-state index contributed by atoms with van der Waals surface area (Å²) in [5.41, 5.74) is 1.63. The van der Waals surface area contributed by atoms with Gasteiger partial charge in [0.25, 0.3) is 0 Å². The molecule has 4 heteroatoms. The van der Waals surface area contributed by atoms with Crippen LogP contribution in [0, 0.1) is 0 Å². The van der Waals surface area contributed by atoms with Gasteiger partial charge in [-0.15, -0.1) is 0 Å². The summed E-state index contributed by atoms with van der Waals surface area (Å²) in [7, 11) is 0. The molecule has 0 aliphatic heterocycles. The number of pyridine rings is 1. The molecule has 60 valence electrons. The van der Waals surface area contributed by atoms with Crippen LogP contribution in [0.5, 0.6) is 5.75 Å². The highest BCUT2D eigenvalue weighted by Gasteiger charge is 1.99. The molecule has 0 saturated heterocycles. The number of aromatic nitrogens is 2. The molecule has 2 heterocycles. The summed E-state index contributed by atoms with van der Waals surface area (Å²) < 4.78 is 4.11. The summed E-state index contributed by atoms with van der Waals surface area (Å²) in [6.45, 7) is 0. The van der Waals surface area contributed by atoms with Crippen LogP contribution in [-0.2, 0) is 0 Å². The molecule has 0 aliphatic carbocycles. The predicted molar refractivity (Wildman–Crippen MR) is 47.0 cm³/mol. The first-order chi connectivity index (χ1) is 5.86. The number of aromatic hydroxyl groups is 1. The minimum atomic E-state index is 0.175. The lowest BCUT2D eigenvalue weighted by atomic mass is 10.3. The molecule has 0 amide bonds. The van der Waals surface area contributed by atoms with Gasteiger partial charge in [0.1, 0.15) is 11.4 Å². The van der Waals surface area contributed by atoms with Crippen LogP contribution in [-0.4, -0.2) is 14.5 Å². The zero-order chi connectivity index (χ0) is 8.39. The van der Waals surface area contributed by atoms with E-state index < -0.39 is 0 Å². The van der Waals surface area contributed by atoms with Crippen LogP contribution in [0.15, 0.2) is 29.8 Å². The summed E-state index contributed by atoms with van der Waals surface area (Å²) in [6.07, 6.45) is 1.41. The molecule has 3 nitrogen and oxygen atoms in total. The summed E-state index contributed by atoms with van der Waals surface area (Å²) in [5.74, 6) is 0.175. The topological polar surface area (TPSA) is 46.0 Å². The van der Waals surface area contributed by atoms with Crippen molar-refractivity contribution in [1.29, 1.82) is 0 Å². The summed E-state index contributed by atoms with van der Waals surface area (Å²) >= 11 is 1.39. The number of rotatable bonds is 1. The highest BCUT2D eigenvalue weighted by atomic mass is 32.1. The Balaban J connectivity index is 2.43. The van der Waals surface area contributed by atoms with E-state index in [0.29, 0.717) is 0 Å². The van der Waals surface area contributed by atoms with Crippen molar-refractivity contribution in [2.75, 3.05) is 0 Å². The lowest BCUT2D eigenvalue weighted by molar-refractivity contribution is 0.473. The van der Waals surface area contributed by atoms with Crippen LogP contribution >= 0.6 is 11.5 Å². The maximum Gasteiger partial charge on any atom is 0.133 e. The van der Waals surface area contributed by atoms with Crippen molar-refractivity contribution in [3.05, 3.63) is 29.8 Å². The molecule has 0 aliphatic rings. The van der Waals surface area contributed by atoms with Crippen LogP contribution in [0.2, 0.25) is 0 Å². The van der Waals surface area contributed by atoms with Gasteiger partial charge in [0.15, 0.2) is 0 Å². The van der Waals surface area contributed by atoms with Crippen molar-refractivity contribution in [3.8, 4) is 17.1 Å². The SMILES string of the molecule is Oc1ccc(-c2ccsn2)nc1. The average Bonchev–Trinajstić information content (AvgIpc) is 2.58. The van der Waals surface area contributed by atoms with Crippen LogP contribution < -0.4 is 0 Å². The summed E-state index contributed by atoms with van der Waals surface area (Å²) in [4.78, 5) is 4.01. The zero-order valence-electron chi connectivity index (χ0n) is 6.14. The molecular weight excluding hydrogens is 172 g/mol. The second-order valence-corrected chi connectivity index (χ2v) is 2.95. The predicted octanol–water partition coefficient (Wildman–Crippen LogP) is 1.91. The first-order valence-corrected chi connectivity index (χ1v) is 4.26. The van der Waals surface area contributed by atoms with E-state index in [0.717, 1.165) is 11.4 Å². The van der Waals surface area contributed by atoms with Gasteiger partial charge in [-0.25, -0.2) is 0 Å². The van der Waals surface area contributed by atoms with E-state index in [4.69, 9.17) is 5.11 Å². The van der Waals surface area contributed by atoms with Crippen LogP contribution in [0.25, 0.3) is 11.4 Å². The highest BCUT2D eigenvalue weighted by molar-refractivity contribution is 7.03. The van der Waals surface area contributed by atoms with Crippen LogP contribution in [0.4, 0.5) is 0 Å². The van der Waals surface area contributed by atoms with Crippen LogP contribution in [0.3, 0.4) is 0 Å². The number of nitrogens with zero attached hydrogens (tertiary/aromatic N) is 2. The van der Waals surface area contributed by atoms with E-state index in [-0.39, 0.29) is 5.75 Å². The molecular formula is C8H6N2OS. The molecule has 0 bridgehead atoms. The Bertz CT molecular complexity index is 355. The van der Waals surface area contributed by atoms with Crippen molar-refractivity contribution >= 4 is 11.5 Å². The Hall–Kier alpha value is -1.42. The van der Waals surface area contributed by atoms with Crippen molar-refractivity contribution in [2.45, 2.75) is 0 Å². The molecule has 2 aromatic rings. The first-order valence-electron chi connectivity index (χ1n) is 3.42. The van der Waals surface area contributed by atoms with E-state index in [1.54, 1.807) is 12.1 Å². The van der Waals surface area contributed by atoms with E-state index in [1.165, 1.54) is 17.7 Å².